The molecule has 0 radical (unpaired) electrons. The van der Waals surface area contributed by atoms with Crippen LogP contribution in [0.4, 0.5) is 0 Å². The van der Waals surface area contributed by atoms with Crippen LogP contribution >= 0.6 is 0 Å². The summed E-state index contributed by atoms with van der Waals surface area (Å²) in [4.78, 5) is 11.9. The minimum absolute atomic E-state index is 0.0406. The highest BCUT2D eigenvalue weighted by Crippen LogP contribution is 2.42. The number of carbonyl (C=O) groups is 1. The number of epoxide rings is 2. The van der Waals surface area contributed by atoms with Crippen molar-refractivity contribution >= 4 is 5.97 Å². The Balaban J connectivity index is 1.19. The molecular formula is C20H34O4. The van der Waals surface area contributed by atoms with Gasteiger partial charge in [0.2, 0.25) is 0 Å². The third-order valence-corrected chi connectivity index (χ3v) is 5.99. The van der Waals surface area contributed by atoms with Gasteiger partial charge in [0, 0.05) is 6.42 Å². The highest BCUT2D eigenvalue weighted by molar-refractivity contribution is 5.69. The molecule has 3 aliphatic rings. The van der Waals surface area contributed by atoms with E-state index in [2.05, 4.69) is 13.8 Å². The van der Waals surface area contributed by atoms with Gasteiger partial charge in [-0.3, -0.25) is 4.79 Å². The largest absolute Gasteiger partial charge is 0.465 e. The number of ether oxygens (including phenoxy) is 3. The first kappa shape index (κ1) is 18.2. The van der Waals surface area contributed by atoms with Crippen LogP contribution in [0.5, 0.6) is 0 Å². The first-order chi connectivity index (χ1) is 11.7. The first-order valence-corrected chi connectivity index (χ1v) is 10.1. The van der Waals surface area contributed by atoms with Gasteiger partial charge in [0.15, 0.2) is 0 Å². The highest BCUT2D eigenvalue weighted by Gasteiger charge is 2.47. The lowest BCUT2D eigenvalue weighted by Crippen LogP contribution is -2.27. The molecule has 0 aromatic rings. The van der Waals surface area contributed by atoms with E-state index in [1.54, 1.807) is 0 Å². The SMILES string of the molecule is CCCCCCC1OC1CCCC(=O)OCC1CC2OC2CC1C. The van der Waals surface area contributed by atoms with Crippen molar-refractivity contribution in [1.82, 2.24) is 0 Å². The molecule has 138 valence electrons. The molecule has 2 saturated heterocycles. The molecule has 3 rings (SSSR count). The Labute approximate surface area is 146 Å². The summed E-state index contributed by atoms with van der Waals surface area (Å²) in [7, 11) is 0. The van der Waals surface area contributed by atoms with Crippen LogP contribution in [0.15, 0.2) is 0 Å². The maximum atomic E-state index is 11.9. The van der Waals surface area contributed by atoms with Crippen LogP contribution in [0, 0.1) is 11.8 Å². The van der Waals surface area contributed by atoms with E-state index < -0.39 is 0 Å². The van der Waals surface area contributed by atoms with Gasteiger partial charge in [-0.05, 0) is 43.9 Å². The van der Waals surface area contributed by atoms with E-state index in [1.165, 1.54) is 32.1 Å². The Morgan fingerprint density at radius 2 is 1.75 bits per heavy atom. The van der Waals surface area contributed by atoms with Gasteiger partial charge in [-0.25, -0.2) is 0 Å². The van der Waals surface area contributed by atoms with Crippen LogP contribution in [0.3, 0.4) is 0 Å². The van der Waals surface area contributed by atoms with Crippen molar-refractivity contribution in [2.75, 3.05) is 6.61 Å². The summed E-state index contributed by atoms with van der Waals surface area (Å²) in [6.07, 6.45) is 12.9. The second-order valence-corrected chi connectivity index (χ2v) is 8.06. The minimum Gasteiger partial charge on any atom is -0.465 e. The van der Waals surface area contributed by atoms with Crippen molar-refractivity contribution in [3.05, 3.63) is 0 Å². The van der Waals surface area contributed by atoms with Crippen molar-refractivity contribution < 1.29 is 19.0 Å². The van der Waals surface area contributed by atoms with Crippen molar-refractivity contribution in [2.24, 2.45) is 11.8 Å². The topological polar surface area (TPSA) is 51.4 Å². The van der Waals surface area contributed by atoms with E-state index in [4.69, 9.17) is 14.2 Å². The first-order valence-electron chi connectivity index (χ1n) is 10.1. The number of hydrogen-bond acceptors (Lipinski definition) is 4. The van der Waals surface area contributed by atoms with E-state index in [0.29, 0.717) is 49.3 Å². The third kappa shape index (κ3) is 5.45. The van der Waals surface area contributed by atoms with Crippen LogP contribution in [-0.2, 0) is 19.0 Å². The van der Waals surface area contributed by atoms with Crippen LogP contribution in [0.1, 0.15) is 78.1 Å². The Bertz CT molecular complexity index is 410. The molecule has 0 spiro atoms. The molecule has 4 heteroatoms. The van der Waals surface area contributed by atoms with Gasteiger partial charge < -0.3 is 14.2 Å². The fraction of sp³-hybridized carbons (Fsp3) is 0.950. The van der Waals surface area contributed by atoms with Gasteiger partial charge in [0.25, 0.3) is 0 Å². The Kier molecular flexibility index (Phi) is 6.56. The van der Waals surface area contributed by atoms with Gasteiger partial charge in [0.05, 0.1) is 31.0 Å². The van der Waals surface area contributed by atoms with E-state index in [0.717, 1.165) is 25.7 Å². The summed E-state index contributed by atoms with van der Waals surface area (Å²) in [5, 5.41) is 0. The van der Waals surface area contributed by atoms with Crippen LogP contribution in [0.2, 0.25) is 0 Å². The molecule has 24 heavy (non-hydrogen) atoms. The van der Waals surface area contributed by atoms with E-state index in [9.17, 15) is 4.79 Å². The quantitative estimate of drug-likeness (QED) is 0.321. The number of hydrogen-bond donors (Lipinski definition) is 0. The molecule has 2 heterocycles. The summed E-state index contributed by atoms with van der Waals surface area (Å²) >= 11 is 0. The molecule has 0 N–H and O–H groups in total. The Hall–Kier alpha value is -0.610. The van der Waals surface area contributed by atoms with Crippen molar-refractivity contribution in [1.29, 1.82) is 0 Å². The predicted octanol–water partition coefficient (Wildman–Crippen LogP) is 4.25. The van der Waals surface area contributed by atoms with Crippen LogP contribution in [-0.4, -0.2) is 37.0 Å². The minimum atomic E-state index is -0.0406. The van der Waals surface area contributed by atoms with Gasteiger partial charge in [-0.15, -0.1) is 0 Å². The Morgan fingerprint density at radius 3 is 2.54 bits per heavy atom. The van der Waals surface area contributed by atoms with Gasteiger partial charge in [-0.2, -0.15) is 0 Å². The molecule has 3 fully saturated rings. The third-order valence-electron chi connectivity index (χ3n) is 5.99. The van der Waals surface area contributed by atoms with Crippen molar-refractivity contribution in [2.45, 2.75) is 102 Å². The van der Waals surface area contributed by atoms with Crippen molar-refractivity contribution in [3.8, 4) is 0 Å². The molecular weight excluding hydrogens is 304 g/mol. The average molecular weight is 338 g/mol. The zero-order valence-corrected chi connectivity index (χ0v) is 15.4. The molecule has 4 nitrogen and oxygen atoms in total. The lowest BCUT2D eigenvalue weighted by molar-refractivity contribution is -0.146. The monoisotopic (exact) mass is 338 g/mol. The van der Waals surface area contributed by atoms with Gasteiger partial charge in [-0.1, -0.05) is 39.5 Å². The molecule has 1 aliphatic carbocycles. The normalized spacial score (nSPS) is 36.9. The van der Waals surface area contributed by atoms with Gasteiger partial charge in [0.1, 0.15) is 0 Å². The van der Waals surface area contributed by atoms with E-state index >= 15 is 0 Å². The molecule has 0 amide bonds. The molecule has 0 aromatic carbocycles. The lowest BCUT2D eigenvalue weighted by Gasteiger charge is -2.25. The zero-order valence-electron chi connectivity index (χ0n) is 15.4. The molecule has 1 saturated carbocycles. The molecule has 0 bridgehead atoms. The van der Waals surface area contributed by atoms with E-state index in [1.807, 2.05) is 0 Å². The average Bonchev–Trinajstić information content (AvgIpc) is 3.46. The summed E-state index contributed by atoms with van der Waals surface area (Å²) in [5.41, 5.74) is 0. The standard InChI is InChI=1S/C20H34O4/c1-3-4-5-6-8-16-17(23-16)9-7-10-20(21)22-13-15-12-19-18(24-19)11-14(15)2/h14-19H,3-13H2,1-2H3. The second kappa shape index (κ2) is 8.66. The predicted molar refractivity (Wildman–Crippen MR) is 92.8 cm³/mol. The number of unbranched alkanes of at least 4 members (excludes halogenated alkanes) is 3. The highest BCUT2D eigenvalue weighted by atomic mass is 16.6. The fourth-order valence-electron chi connectivity index (χ4n) is 4.09. The summed E-state index contributed by atoms with van der Waals surface area (Å²) in [5.74, 6) is 1.05. The maximum Gasteiger partial charge on any atom is 0.305 e. The fourth-order valence-corrected chi connectivity index (χ4v) is 4.09. The summed E-state index contributed by atoms with van der Waals surface area (Å²) < 4.78 is 16.8. The summed E-state index contributed by atoms with van der Waals surface area (Å²) in [6, 6.07) is 0. The number of fused-ring (bicyclic) bond motifs is 1. The molecule has 6 unspecified atom stereocenters. The second-order valence-electron chi connectivity index (χ2n) is 8.06. The van der Waals surface area contributed by atoms with Crippen LogP contribution in [0.25, 0.3) is 0 Å². The molecule has 6 atom stereocenters. The van der Waals surface area contributed by atoms with Gasteiger partial charge >= 0.3 is 5.97 Å². The molecule has 0 aromatic heterocycles. The van der Waals surface area contributed by atoms with E-state index in [-0.39, 0.29) is 5.97 Å². The smallest absolute Gasteiger partial charge is 0.305 e. The summed E-state index contributed by atoms with van der Waals surface area (Å²) in [6.45, 7) is 5.06. The zero-order chi connectivity index (χ0) is 16.9. The Morgan fingerprint density at radius 1 is 1.00 bits per heavy atom. The number of carbonyl (C=O) groups excluding carboxylic acids is 1. The van der Waals surface area contributed by atoms with Crippen LogP contribution < -0.4 is 0 Å². The number of rotatable bonds is 11. The number of esters is 1. The lowest BCUT2D eigenvalue weighted by atomic mass is 9.81. The molecule has 2 aliphatic heterocycles. The maximum absolute atomic E-state index is 11.9. The van der Waals surface area contributed by atoms with Crippen molar-refractivity contribution in [3.63, 3.8) is 0 Å².